The van der Waals surface area contributed by atoms with Gasteiger partial charge in [0, 0.05) is 18.8 Å². The maximum absolute atomic E-state index is 4.18. The van der Waals surface area contributed by atoms with Gasteiger partial charge in [0.05, 0.1) is 0 Å². The van der Waals surface area contributed by atoms with Gasteiger partial charge in [0.15, 0.2) is 0 Å². The summed E-state index contributed by atoms with van der Waals surface area (Å²) in [6, 6.07) is 0. The summed E-state index contributed by atoms with van der Waals surface area (Å²) in [5, 5.41) is 0. The van der Waals surface area contributed by atoms with Crippen molar-refractivity contribution in [3.05, 3.63) is 12.3 Å². The molecule has 0 N–H and O–H groups in total. The van der Waals surface area contributed by atoms with Gasteiger partial charge in [-0.1, -0.05) is 26.3 Å². The van der Waals surface area contributed by atoms with Gasteiger partial charge in [-0.3, -0.25) is 0 Å². The van der Waals surface area contributed by atoms with Crippen molar-refractivity contribution in [3.8, 4) is 0 Å². The van der Waals surface area contributed by atoms with Gasteiger partial charge in [0.2, 0.25) is 0 Å². The van der Waals surface area contributed by atoms with Crippen molar-refractivity contribution in [1.82, 2.24) is 4.90 Å². The first-order valence-electron chi connectivity index (χ1n) is 5.77. The van der Waals surface area contributed by atoms with Crippen molar-refractivity contribution in [2.75, 3.05) is 13.1 Å². The van der Waals surface area contributed by atoms with Crippen molar-refractivity contribution < 1.29 is 0 Å². The highest BCUT2D eigenvalue weighted by atomic mass is 15.1. The lowest BCUT2D eigenvalue weighted by molar-refractivity contribution is 0.276. The summed E-state index contributed by atoms with van der Waals surface area (Å²) in [4.78, 5) is 2.49. The number of likely N-dealkylation sites (tertiary alicyclic amines) is 1. The molecule has 0 bridgehead atoms. The van der Waals surface area contributed by atoms with Gasteiger partial charge in [-0.25, -0.2) is 0 Å². The van der Waals surface area contributed by atoms with Crippen molar-refractivity contribution in [2.45, 2.75) is 51.9 Å². The monoisotopic (exact) mass is 181 g/mol. The zero-order valence-corrected chi connectivity index (χ0v) is 9.02. The van der Waals surface area contributed by atoms with Crippen LogP contribution in [-0.2, 0) is 0 Å². The zero-order chi connectivity index (χ0) is 9.52. The fraction of sp³-hybridized carbons (Fsp3) is 0.833. The van der Waals surface area contributed by atoms with Crippen LogP contribution in [0, 0.1) is 0 Å². The minimum atomic E-state index is 1.22. The maximum Gasteiger partial charge on any atom is 0.0174 e. The van der Waals surface area contributed by atoms with Gasteiger partial charge in [-0.15, -0.1) is 0 Å². The number of nitrogens with zero attached hydrogens (tertiary/aromatic N) is 1. The van der Waals surface area contributed by atoms with Crippen LogP contribution >= 0.6 is 0 Å². The minimum absolute atomic E-state index is 1.22. The molecule has 1 fully saturated rings. The molecule has 0 aromatic rings. The van der Waals surface area contributed by atoms with Crippen LogP contribution < -0.4 is 0 Å². The molecule has 1 nitrogen and oxygen atoms in total. The molecular weight excluding hydrogens is 158 g/mol. The van der Waals surface area contributed by atoms with E-state index in [0.29, 0.717) is 0 Å². The lowest BCUT2D eigenvalue weighted by atomic mass is 10.1. The van der Waals surface area contributed by atoms with E-state index in [2.05, 4.69) is 18.4 Å². The molecule has 0 aliphatic carbocycles. The van der Waals surface area contributed by atoms with Gasteiger partial charge in [-0.05, 0) is 32.1 Å². The van der Waals surface area contributed by atoms with Gasteiger partial charge in [0.25, 0.3) is 0 Å². The molecule has 1 aliphatic heterocycles. The summed E-state index contributed by atoms with van der Waals surface area (Å²) < 4.78 is 0. The van der Waals surface area contributed by atoms with Crippen LogP contribution in [0.3, 0.4) is 0 Å². The van der Waals surface area contributed by atoms with E-state index in [1.165, 1.54) is 63.7 Å². The highest BCUT2D eigenvalue weighted by Crippen LogP contribution is 2.17. The molecule has 0 unspecified atom stereocenters. The van der Waals surface area contributed by atoms with E-state index in [4.69, 9.17) is 0 Å². The van der Waals surface area contributed by atoms with E-state index in [-0.39, 0.29) is 0 Å². The number of hydrogen-bond donors (Lipinski definition) is 0. The maximum atomic E-state index is 4.18. The van der Waals surface area contributed by atoms with Crippen LogP contribution in [0.25, 0.3) is 0 Å². The van der Waals surface area contributed by atoms with E-state index in [1.54, 1.807) is 0 Å². The fourth-order valence-electron chi connectivity index (χ4n) is 1.95. The van der Waals surface area contributed by atoms with Crippen LogP contribution in [-0.4, -0.2) is 18.0 Å². The molecule has 1 rings (SSSR count). The van der Waals surface area contributed by atoms with Gasteiger partial charge in [0.1, 0.15) is 0 Å². The van der Waals surface area contributed by atoms with Crippen molar-refractivity contribution in [1.29, 1.82) is 0 Å². The molecule has 0 aromatic carbocycles. The quantitative estimate of drug-likeness (QED) is 0.586. The highest BCUT2D eigenvalue weighted by Gasteiger charge is 2.10. The van der Waals surface area contributed by atoms with Gasteiger partial charge < -0.3 is 4.90 Å². The smallest absolute Gasteiger partial charge is 0.0174 e. The molecule has 0 aromatic heterocycles. The van der Waals surface area contributed by atoms with Crippen molar-refractivity contribution in [2.24, 2.45) is 0 Å². The molecular formula is C12H23N. The molecule has 0 amide bonds. The molecule has 1 heterocycles. The lowest BCUT2D eigenvalue weighted by Crippen LogP contribution is -2.28. The Labute approximate surface area is 82.8 Å². The number of rotatable bonds is 5. The van der Waals surface area contributed by atoms with Crippen LogP contribution in [0.15, 0.2) is 12.3 Å². The largest absolute Gasteiger partial charge is 0.375 e. The average Bonchev–Trinajstić information content (AvgIpc) is 2.19. The number of unbranched alkanes of at least 4 members (excludes halogenated alkanes) is 2. The number of hydrogen-bond acceptors (Lipinski definition) is 1. The molecule has 13 heavy (non-hydrogen) atoms. The highest BCUT2D eigenvalue weighted by molar-refractivity contribution is 4.94. The predicted molar refractivity (Wildman–Crippen MR) is 58.7 cm³/mol. The topological polar surface area (TPSA) is 3.24 Å². The predicted octanol–water partition coefficient (Wildman–Crippen LogP) is 3.57. The molecule has 76 valence electrons. The van der Waals surface area contributed by atoms with E-state index in [9.17, 15) is 0 Å². The first-order chi connectivity index (χ1) is 6.34. The zero-order valence-electron chi connectivity index (χ0n) is 9.02. The second kappa shape index (κ2) is 6.06. The lowest BCUT2D eigenvalue weighted by Gasteiger charge is -2.30. The fourth-order valence-corrected chi connectivity index (χ4v) is 1.95. The van der Waals surface area contributed by atoms with Gasteiger partial charge in [-0.2, -0.15) is 0 Å². The molecule has 1 saturated heterocycles. The van der Waals surface area contributed by atoms with Crippen LogP contribution in [0.2, 0.25) is 0 Å². The first kappa shape index (κ1) is 10.6. The van der Waals surface area contributed by atoms with Crippen LogP contribution in [0.5, 0.6) is 0 Å². The Hall–Kier alpha value is -0.460. The summed E-state index contributed by atoms with van der Waals surface area (Å²) in [5.74, 6) is 0. The third-order valence-corrected chi connectivity index (χ3v) is 2.87. The average molecular weight is 181 g/mol. The molecule has 0 radical (unpaired) electrons. The molecule has 1 aliphatic rings. The first-order valence-corrected chi connectivity index (χ1v) is 5.77. The Morgan fingerprint density at radius 3 is 2.46 bits per heavy atom. The Morgan fingerprint density at radius 2 is 1.85 bits per heavy atom. The third-order valence-electron chi connectivity index (χ3n) is 2.87. The Bertz CT molecular complexity index is 145. The number of allylic oxidation sites excluding steroid dienone is 1. The second-order valence-electron chi connectivity index (χ2n) is 4.07. The summed E-state index contributed by atoms with van der Waals surface area (Å²) in [5.41, 5.74) is 1.38. The van der Waals surface area contributed by atoms with E-state index in [1.807, 2.05) is 0 Å². The summed E-state index contributed by atoms with van der Waals surface area (Å²) in [6.45, 7) is 8.94. The molecule has 1 heteroatoms. The van der Waals surface area contributed by atoms with E-state index < -0.39 is 0 Å². The van der Waals surface area contributed by atoms with Gasteiger partial charge >= 0.3 is 0 Å². The number of piperidine rings is 1. The normalized spacial score (nSPS) is 17.5. The SMILES string of the molecule is C=C(CCCCC)N1CCCCC1. The van der Waals surface area contributed by atoms with Crippen LogP contribution in [0.1, 0.15) is 51.9 Å². The summed E-state index contributed by atoms with van der Waals surface area (Å²) >= 11 is 0. The van der Waals surface area contributed by atoms with Crippen LogP contribution in [0.4, 0.5) is 0 Å². The van der Waals surface area contributed by atoms with E-state index in [0.717, 1.165) is 0 Å². The third kappa shape index (κ3) is 3.84. The minimum Gasteiger partial charge on any atom is -0.375 e. The Balaban J connectivity index is 2.13. The van der Waals surface area contributed by atoms with E-state index >= 15 is 0 Å². The Morgan fingerprint density at radius 1 is 1.15 bits per heavy atom. The summed E-state index contributed by atoms with van der Waals surface area (Å²) in [6.07, 6.45) is 9.36. The second-order valence-corrected chi connectivity index (χ2v) is 4.07. The molecule has 0 atom stereocenters. The molecule has 0 spiro atoms. The summed E-state index contributed by atoms with van der Waals surface area (Å²) in [7, 11) is 0. The Kier molecular flexibility index (Phi) is 4.95. The van der Waals surface area contributed by atoms with Crippen molar-refractivity contribution in [3.63, 3.8) is 0 Å². The van der Waals surface area contributed by atoms with Crippen molar-refractivity contribution >= 4 is 0 Å². The standard InChI is InChI=1S/C12H23N/c1-3-4-6-9-12(2)13-10-7-5-8-11-13/h2-11H2,1H3. The molecule has 0 saturated carbocycles.